The molecule has 0 aromatic heterocycles. The first-order valence-electron chi connectivity index (χ1n) is 4.81. The molecule has 0 aromatic rings. The van der Waals surface area contributed by atoms with Gasteiger partial charge in [0.25, 0.3) is 0 Å². The van der Waals surface area contributed by atoms with Crippen LogP contribution in [0, 0.1) is 0 Å². The third kappa shape index (κ3) is 7.53. The van der Waals surface area contributed by atoms with Crippen LogP contribution in [0.1, 0.15) is 26.7 Å². The quantitative estimate of drug-likeness (QED) is 0.459. The van der Waals surface area contributed by atoms with E-state index in [0.29, 0.717) is 13.0 Å². The Morgan fingerprint density at radius 3 is 2.85 bits per heavy atom. The van der Waals surface area contributed by atoms with Crippen LogP contribution in [0.2, 0.25) is 0 Å². The minimum atomic E-state index is 0.117. The van der Waals surface area contributed by atoms with Gasteiger partial charge in [-0.15, -0.1) is 6.58 Å². The molecule has 3 heteroatoms. The first kappa shape index (κ1) is 12.2. The Labute approximate surface area is 80.6 Å². The van der Waals surface area contributed by atoms with E-state index in [-0.39, 0.29) is 11.9 Å². The van der Waals surface area contributed by atoms with E-state index >= 15 is 0 Å². The fourth-order valence-corrected chi connectivity index (χ4v) is 0.855. The molecule has 0 radical (unpaired) electrons. The third-order valence-electron chi connectivity index (χ3n) is 1.84. The van der Waals surface area contributed by atoms with Crippen LogP contribution in [0.5, 0.6) is 0 Å². The van der Waals surface area contributed by atoms with Crippen LogP contribution in [0.15, 0.2) is 12.7 Å². The van der Waals surface area contributed by atoms with Crippen LogP contribution in [-0.2, 0) is 4.79 Å². The fraction of sp³-hybridized carbons (Fsp3) is 0.700. The smallest absolute Gasteiger partial charge is 0.221 e. The first-order chi connectivity index (χ1) is 6.20. The van der Waals surface area contributed by atoms with E-state index in [9.17, 15) is 4.79 Å². The molecule has 0 rings (SSSR count). The molecule has 0 spiro atoms. The predicted molar refractivity (Wildman–Crippen MR) is 55.6 cm³/mol. The number of amides is 1. The zero-order valence-corrected chi connectivity index (χ0v) is 8.60. The van der Waals surface area contributed by atoms with Crippen molar-refractivity contribution in [1.82, 2.24) is 10.6 Å². The first-order valence-corrected chi connectivity index (χ1v) is 4.81. The second-order valence-electron chi connectivity index (χ2n) is 3.12. The van der Waals surface area contributed by atoms with Gasteiger partial charge in [0.05, 0.1) is 0 Å². The molecule has 0 aliphatic carbocycles. The molecule has 0 saturated heterocycles. The van der Waals surface area contributed by atoms with Crippen LogP contribution in [0.4, 0.5) is 0 Å². The summed E-state index contributed by atoms with van der Waals surface area (Å²) in [6.45, 7) is 9.12. The highest BCUT2D eigenvalue weighted by molar-refractivity contribution is 5.76. The molecule has 3 nitrogen and oxygen atoms in total. The number of carbonyl (C=O) groups is 1. The highest BCUT2D eigenvalue weighted by Gasteiger charge is 2.03. The van der Waals surface area contributed by atoms with Gasteiger partial charge in [-0.2, -0.15) is 0 Å². The van der Waals surface area contributed by atoms with Gasteiger partial charge >= 0.3 is 0 Å². The summed E-state index contributed by atoms with van der Waals surface area (Å²) in [5.74, 6) is 0.117. The summed E-state index contributed by atoms with van der Waals surface area (Å²) in [7, 11) is 0. The number of hydrogen-bond acceptors (Lipinski definition) is 2. The highest BCUT2D eigenvalue weighted by Crippen LogP contribution is 1.88. The molecule has 0 aliphatic heterocycles. The Morgan fingerprint density at radius 2 is 2.31 bits per heavy atom. The summed E-state index contributed by atoms with van der Waals surface area (Å²) in [4.78, 5) is 11.2. The maximum atomic E-state index is 11.2. The molecule has 76 valence electrons. The van der Waals surface area contributed by atoms with E-state index in [1.165, 1.54) is 0 Å². The SMILES string of the molecule is C=CCNCCC(=O)NC(C)CC. The van der Waals surface area contributed by atoms with Crippen molar-refractivity contribution in [2.24, 2.45) is 0 Å². The zero-order chi connectivity index (χ0) is 10.1. The lowest BCUT2D eigenvalue weighted by Gasteiger charge is -2.10. The normalized spacial score (nSPS) is 12.2. The number of rotatable bonds is 7. The van der Waals surface area contributed by atoms with Crippen molar-refractivity contribution in [3.63, 3.8) is 0 Å². The second-order valence-corrected chi connectivity index (χ2v) is 3.12. The maximum Gasteiger partial charge on any atom is 0.221 e. The van der Waals surface area contributed by atoms with Crippen molar-refractivity contribution >= 4 is 5.91 Å². The van der Waals surface area contributed by atoms with Crippen molar-refractivity contribution in [3.8, 4) is 0 Å². The van der Waals surface area contributed by atoms with Gasteiger partial charge in [-0.25, -0.2) is 0 Å². The van der Waals surface area contributed by atoms with Gasteiger partial charge in [-0.3, -0.25) is 4.79 Å². The molecule has 0 aromatic carbocycles. The van der Waals surface area contributed by atoms with Gasteiger partial charge in [0, 0.05) is 25.6 Å². The molecule has 1 amide bonds. The van der Waals surface area contributed by atoms with E-state index in [1.807, 2.05) is 6.92 Å². The van der Waals surface area contributed by atoms with Crippen molar-refractivity contribution in [1.29, 1.82) is 0 Å². The second kappa shape index (κ2) is 7.80. The lowest BCUT2D eigenvalue weighted by Crippen LogP contribution is -2.34. The third-order valence-corrected chi connectivity index (χ3v) is 1.84. The van der Waals surface area contributed by atoms with Crippen LogP contribution in [0.25, 0.3) is 0 Å². The van der Waals surface area contributed by atoms with E-state index in [0.717, 1.165) is 13.0 Å². The Balaban J connectivity index is 3.35. The molecular formula is C10H20N2O. The molecule has 2 N–H and O–H groups in total. The highest BCUT2D eigenvalue weighted by atomic mass is 16.1. The average Bonchev–Trinajstić information content (AvgIpc) is 2.12. The molecular weight excluding hydrogens is 164 g/mol. The van der Waals surface area contributed by atoms with Gasteiger partial charge in [0.15, 0.2) is 0 Å². The Morgan fingerprint density at radius 1 is 1.62 bits per heavy atom. The van der Waals surface area contributed by atoms with Gasteiger partial charge in [0.1, 0.15) is 0 Å². The Kier molecular flexibility index (Phi) is 7.30. The van der Waals surface area contributed by atoms with Gasteiger partial charge in [-0.1, -0.05) is 13.0 Å². The summed E-state index contributed by atoms with van der Waals surface area (Å²) in [6, 6.07) is 0.284. The number of carbonyl (C=O) groups excluding carboxylic acids is 1. The fourth-order valence-electron chi connectivity index (χ4n) is 0.855. The van der Waals surface area contributed by atoms with Crippen LogP contribution < -0.4 is 10.6 Å². The van der Waals surface area contributed by atoms with Gasteiger partial charge in [-0.05, 0) is 13.3 Å². The standard InChI is InChI=1S/C10H20N2O/c1-4-7-11-8-6-10(13)12-9(3)5-2/h4,9,11H,1,5-8H2,2-3H3,(H,12,13). The van der Waals surface area contributed by atoms with E-state index in [1.54, 1.807) is 6.08 Å². The average molecular weight is 184 g/mol. The monoisotopic (exact) mass is 184 g/mol. The molecule has 0 aliphatic rings. The molecule has 0 bridgehead atoms. The molecule has 1 atom stereocenters. The van der Waals surface area contributed by atoms with Crippen molar-refractivity contribution in [2.75, 3.05) is 13.1 Å². The largest absolute Gasteiger partial charge is 0.354 e. The molecule has 13 heavy (non-hydrogen) atoms. The summed E-state index contributed by atoms with van der Waals surface area (Å²) in [5, 5.41) is 5.98. The van der Waals surface area contributed by atoms with Crippen LogP contribution in [0.3, 0.4) is 0 Å². The maximum absolute atomic E-state index is 11.2. The van der Waals surface area contributed by atoms with Crippen molar-refractivity contribution in [3.05, 3.63) is 12.7 Å². The van der Waals surface area contributed by atoms with Crippen molar-refractivity contribution < 1.29 is 4.79 Å². The topological polar surface area (TPSA) is 41.1 Å². The lowest BCUT2D eigenvalue weighted by molar-refractivity contribution is -0.121. The van der Waals surface area contributed by atoms with Crippen molar-refractivity contribution in [2.45, 2.75) is 32.7 Å². The molecule has 0 saturated carbocycles. The van der Waals surface area contributed by atoms with Gasteiger partial charge < -0.3 is 10.6 Å². The number of hydrogen-bond donors (Lipinski definition) is 2. The lowest BCUT2D eigenvalue weighted by atomic mass is 10.2. The predicted octanol–water partition coefficient (Wildman–Crippen LogP) is 1.07. The van der Waals surface area contributed by atoms with Crippen LogP contribution in [-0.4, -0.2) is 25.0 Å². The van der Waals surface area contributed by atoms with E-state index in [2.05, 4.69) is 24.1 Å². The molecule has 1 unspecified atom stereocenters. The molecule has 0 fully saturated rings. The summed E-state index contributed by atoms with van der Waals surface area (Å²) >= 11 is 0. The summed E-state index contributed by atoms with van der Waals surface area (Å²) in [6.07, 6.45) is 3.30. The summed E-state index contributed by atoms with van der Waals surface area (Å²) < 4.78 is 0. The Bertz CT molecular complexity index is 157. The van der Waals surface area contributed by atoms with E-state index in [4.69, 9.17) is 0 Å². The van der Waals surface area contributed by atoms with Crippen LogP contribution >= 0.6 is 0 Å². The number of nitrogens with one attached hydrogen (secondary N) is 2. The minimum absolute atomic E-state index is 0.117. The van der Waals surface area contributed by atoms with Gasteiger partial charge in [0.2, 0.25) is 5.91 Å². The minimum Gasteiger partial charge on any atom is -0.354 e. The van der Waals surface area contributed by atoms with E-state index < -0.39 is 0 Å². The summed E-state index contributed by atoms with van der Waals surface area (Å²) in [5.41, 5.74) is 0. The molecule has 0 heterocycles. The Hall–Kier alpha value is -0.830. The zero-order valence-electron chi connectivity index (χ0n) is 8.60.